The molecule has 5 heteroatoms. The van der Waals surface area contributed by atoms with Crippen LogP contribution in [0, 0.1) is 5.92 Å². The molecule has 1 atom stereocenters. The number of hydrogen-bond acceptors (Lipinski definition) is 3. The molecular formula is C14H23N3O2. The summed E-state index contributed by atoms with van der Waals surface area (Å²) in [5, 5.41) is 3.32. The summed E-state index contributed by atoms with van der Waals surface area (Å²) in [5.41, 5.74) is 1.09. The van der Waals surface area contributed by atoms with Crippen molar-refractivity contribution in [2.24, 2.45) is 10.9 Å². The lowest BCUT2D eigenvalue weighted by Gasteiger charge is -2.24. The van der Waals surface area contributed by atoms with Crippen LogP contribution in [0.2, 0.25) is 0 Å². The van der Waals surface area contributed by atoms with Gasteiger partial charge in [0, 0.05) is 38.2 Å². The maximum Gasteiger partial charge on any atom is 0.193 e. The topological polar surface area (TPSA) is 50.0 Å². The van der Waals surface area contributed by atoms with E-state index in [1.165, 1.54) is 0 Å². The molecule has 19 heavy (non-hydrogen) atoms. The molecule has 0 bridgehead atoms. The molecule has 0 amide bonds. The first-order valence-electron chi connectivity index (χ1n) is 6.88. The molecule has 1 aliphatic rings. The van der Waals surface area contributed by atoms with E-state index in [1.807, 2.05) is 6.07 Å². The molecule has 1 fully saturated rings. The second kappa shape index (κ2) is 7.19. The molecule has 1 aromatic heterocycles. The lowest BCUT2D eigenvalue weighted by molar-refractivity contribution is 0.181. The summed E-state index contributed by atoms with van der Waals surface area (Å²) in [6, 6.07) is 1.94. The first-order chi connectivity index (χ1) is 9.29. The Labute approximate surface area is 114 Å². The van der Waals surface area contributed by atoms with E-state index in [1.54, 1.807) is 12.5 Å². The second-order valence-corrected chi connectivity index (χ2v) is 4.91. The monoisotopic (exact) mass is 265 g/mol. The summed E-state index contributed by atoms with van der Waals surface area (Å²) in [5.74, 6) is 1.55. The van der Waals surface area contributed by atoms with Crippen LogP contribution in [0.3, 0.4) is 0 Å². The lowest BCUT2D eigenvalue weighted by Crippen LogP contribution is -2.41. The van der Waals surface area contributed by atoms with Crippen LogP contribution in [0.15, 0.2) is 28.0 Å². The Bertz CT molecular complexity index is 383. The van der Waals surface area contributed by atoms with Crippen LogP contribution < -0.4 is 5.32 Å². The standard InChI is InChI=1S/C14H23N3O2/c1-3-15-14(16-8-12-4-6-18-10-12)17(2)9-13-5-7-19-11-13/h4,6,10,13H,3,5,7-9,11H2,1-2H3,(H,15,16). The van der Waals surface area contributed by atoms with Crippen molar-refractivity contribution in [3.8, 4) is 0 Å². The molecule has 1 N–H and O–H groups in total. The highest BCUT2D eigenvalue weighted by molar-refractivity contribution is 5.79. The minimum atomic E-state index is 0.614. The first kappa shape index (κ1) is 13.9. The van der Waals surface area contributed by atoms with Gasteiger partial charge >= 0.3 is 0 Å². The van der Waals surface area contributed by atoms with Gasteiger partial charge in [-0.2, -0.15) is 0 Å². The van der Waals surface area contributed by atoms with E-state index in [9.17, 15) is 0 Å². The van der Waals surface area contributed by atoms with E-state index < -0.39 is 0 Å². The van der Waals surface area contributed by atoms with Crippen LogP contribution in [0.1, 0.15) is 18.9 Å². The normalized spacial score (nSPS) is 19.7. The number of nitrogens with one attached hydrogen (secondary N) is 1. The summed E-state index contributed by atoms with van der Waals surface area (Å²) in [6.45, 7) is 6.34. The van der Waals surface area contributed by atoms with Crippen molar-refractivity contribution in [3.63, 3.8) is 0 Å². The number of hydrogen-bond donors (Lipinski definition) is 1. The fourth-order valence-corrected chi connectivity index (χ4v) is 2.22. The predicted octanol–water partition coefficient (Wildman–Crippen LogP) is 1.71. The molecule has 2 heterocycles. The van der Waals surface area contributed by atoms with Gasteiger partial charge in [0.05, 0.1) is 25.7 Å². The number of ether oxygens (including phenoxy) is 1. The van der Waals surface area contributed by atoms with Gasteiger partial charge in [-0.25, -0.2) is 4.99 Å². The van der Waals surface area contributed by atoms with Crippen molar-refractivity contribution < 1.29 is 9.15 Å². The van der Waals surface area contributed by atoms with Crippen LogP contribution in [0.25, 0.3) is 0 Å². The summed E-state index contributed by atoms with van der Waals surface area (Å²) in [4.78, 5) is 6.81. The van der Waals surface area contributed by atoms with Gasteiger partial charge in [0.2, 0.25) is 0 Å². The molecule has 1 aromatic rings. The SMILES string of the molecule is CCNC(=NCc1ccoc1)N(C)CC1CCOC1. The lowest BCUT2D eigenvalue weighted by atomic mass is 10.1. The van der Waals surface area contributed by atoms with Crippen molar-refractivity contribution in [1.82, 2.24) is 10.2 Å². The van der Waals surface area contributed by atoms with Crippen molar-refractivity contribution in [1.29, 1.82) is 0 Å². The maximum absolute atomic E-state index is 5.42. The van der Waals surface area contributed by atoms with Crippen molar-refractivity contribution in [2.45, 2.75) is 19.9 Å². The molecule has 2 rings (SSSR count). The number of guanidine groups is 1. The predicted molar refractivity (Wildman–Crippen MR) is 75.1 cm³/mol. The third-order valence-electron chi connectivity index (χ3n) is 3.24. The molecule has 0 radical (unpaired) electrons. The van der Waals surface area contributed by atoms with Crippen LogP contribution in [0.4, 0.5) is 0 Å². The maximum atomic E-state index is 5.42. The van der Waals surface area contributed by atoms with Crippen LogP contribution in [-0.4, -0.2) is 44.2 Å². The molecular weight excluding hydrogens is 242 g/mol. The first-order valence-corrected chi connectivity index (χ1v) is 6.88. The minimum Gasteiger partial charge on any atom is -0.472 e. The van der Waals surface area contributed by atoms with Crippen molar-refractivity contribution in [2.75, 3.05) is 33.4 Å². The van der Waals surface area contributed by atoms with Gasteiger partial charge in [-0.1, -0.05) is 0 Å². The zero-order valence-corrected chi connectivity index (χ0v) is 11.8. The molecule has 1 aliphatic heterocycles. The fourth-order valence-electron chi connectivity index (χ4n) is 2.22. The zero-order chi connectivity index (χ0) is 13.5. The Hall–Kier alpha value is -1.49. The van der Waals surface area contributed by atoms with E-state index >= 15 is 0 Å². The molecule has 0 aliphatic carbocycles. The van der Waals surface area contributed by atoms with Gasteiger partial charge in [-0.05, 0) is 19.4 Å². The molecule has 0 aromatic carbocycles. The largest absolute Gasteiger partial charge is 0.472 e. The molecule has 5 nitrogen and oxygen atoms in total. The molecule has 106 valence electrons. The van der Waals surface area contributed by atoms with E-state index in [0.29, 0.717) is 12.5 Å². The summed E-state index contributed by atoms with van der Waals surface area (Å²) >= 11 is 0. The van der Waals surface area contributed by atoms with Crippen molar-refractivity contribution >= 4 is 5.96 Å². The van der Waals surface area contributed by atoms with Gasteiger partial charge in [0.1, 0.15) is 0 Å². The third kappa shape index (κ3) is 4.28. The Morgan fingerprint density at radius 2 is 2.47 bits per heavy atom. The average molecular weight is 265 g/mol. The Morgan fingerprint density at radius 1 is 1.58 bits per heavy atom. The van der Waals surface area contributed by atoms with Gasteiger partial charge in [0.25, 0.3) is 0 Å². The van der Waals surface area contributed by atoms with E-state index in [-0.39, 0.29) is 0 Å². The highest BCUT2D eigenvalue weighted by Crippen LogP contribution is 2.13. The molecule has 0 spiro atoms. The number of aliphatic imine (C=N–C) groups is 1. The van der Waals surface area contributed by atoms with E-state index in [2.05, 4.69) is 29.2 Å². The summed E-state index contributed by atoms with van der Waals surface area (Å²) in [7, 11) is 2.08. The van der Waals surface area contributed by atoms with E-state index in [4.69, 9.17) is 9.15 Å². The fraction of sp³-hybridized carbons (Fsp3) is 0.643. The second-order valence-electron chi connectivity index (χ2n) is 4.91. The van der Waals surface area contributed by atoms with Gasteiger partial charge < -0.3 is 19.4 Å². The van der Waals surface area contributed by atoms with Gasteiger partial charge in [-0.15, -0.1) is 0 Å². The molecule has 1 unspecified atom stereocenters. The van der Waals surface area contributed by atoms with E-state index in [0.717, 1.165) is 44.2 Å². The van der Waals surface area contributed by atoms with Crippen LogP contribution >= 0.6 is 0 Å². The van der Waals surface area contributed by atoms with Crippen molar-refractivity contribution in [3.05, 3.63) is 24.2 Å². The quantitative estimate of drug-likeness (QED) is 0.650. The Kier molecular flexibility index (Phi) is 5.27. The smallest absolute Gasteiger partial charge is 0.193 e. The highest BCUT2D eigenvalue weighted by atomic mass is 16.5. The van der Waals surface area contributed by atoms with Crippen LogP contribution in [0.5, 0.6) is 0 Å². The third-order valence-corrected chi connectivity index (χ3v) is 3.24. The highest BCUT2D eigenvalue weighted by Gasteiger charge is 2.18. The van der Waals surface area contributed by atoms with Gasteiger partial charge in [0.15, 0.2) is 5.96 Å². The minimum absolute atomic E-state index is 0.614. The molecule has 0 saturated carbocycles. The average Bonchev–Trinajstić information content (AvgIpc) is 3.07. The summed E-state index contributed by atoms with van der Waals surface area (Å²) < 4.78 is 10.5. The van der Waals surface area contributed by atoms with Crippen LogP contribution in [-0.2, 0) is 11.3 Å². The zero-order valence-electron chi connectivity index (χ0n) is 11.8. The number of rotatable bonds is 5. The summed E-state index contributed by atoms with van der Waals surface area (Å²) in [6.07, 6.45) is 4.56. The Morgan fingerprint density at radius 3 is 3.11 bits per heavy atom. The van der Waals surface area contributed by atoms with Gasteiger partial charge in [-0.3, -0.25) is 0 Å². The number of nitrogens with zero attached hydrogens (tertiary/aromatic N) is 2. The molecule has 1 saturated heterocycles. The Balaban J connectivity index is 1.91. The number of furan rings is 1.